The van der Waals surface area contributed by atoms with Gasteiger partial charge in [0.15, 0.2) is 5.65 Å². The number of fused-ring (bicyclic) bond motifs is 1. The van der Waals surface area contributed by atoms with Gasteiger partial charge in [-0.3, -0.25) is 0 Å². The molecule has 2 saturated heterocycles. The minimum absolute atomic E-state index is 0.115. The second-order valence-corrected chi connectivity index (χ2v) is 12.2. The van der Waals surface area contributed by atoms with E-state index in [0.717, 1.165) is 79.5 Å². The molecule has 2 atom stereocenters. The molecule has 5 rings (SSSR count). The van der Waals surface area contributed by atoms with Crippen molar-refractivity contribution in [2.75, 3.05) is 62.8 Å². The summed E-state index contributed by atoms with van der Waals surface area (Å²) in [5.74, 6) is 2.51. The van der Waals surface area contributed by atoms with Crippen LogP contribution in [0.4, 0.5) is 11.8 Å². The zero-order chi connectivity index (χ0) is 28.3. The lowest BCUT2D eigenvalue weighted by atomic mass is 9.92. The number of hydrogen-bond donors (Lipinski definition) is 1. The first-order valence-corrected chi connectivity index (χ1v) is 14.5. The minimum Gasteiger partial charge on any atom is -0.496 e. The Morgan fingerprint density at radius 2 is 1.73 bits per heavy atom. The van der Waals surface area contributed by atoms with Crippen LogP contribution in [0.3, 0.4) is 0 Å². The SMILES string of the molecule is COc1ccc(-c2ccc3c(N4CCOCC4)nc(N4C[C@@H](C)O[C@@H](C)C4)nc3n2)cc1CNCCC(C)(C)C. The molecule has 0 spiro atoms. The number of pyridine rings is 1. The van der Waals surface area contributed by atoms with Gasteiger partial charge in [-0.1, -0.05) is 20.8 Å². The lowest BCUT2D eigenvalue weighted by Crippen LogP contribution is -2.46. The first-order valence-electron chi connectivity index (χ1n) is 14.5. The summed E-state index contributed by atoms with van der Waals surface area (Å²) < 4.78 is 17.3. The van der Waals surface area contributed by atoms with Crippen molar-refractivity contribution in [3.05, 3.63) is 35.9 Å². The van der Waals surface area contributed by atoms with E-state index in [9.17, 15) is 0 Å². The molecular weight excluding hydrogens is 504 g/mol. The summed E-state index contributed by atoms with van der Waals surface area (Å²) in [6.07, 6.45) is 1.34. The molecule has 0 unspecified atom stereocenters. The predicted molar refractivity (Wildman–Crippen MR) is 160 cm³/mol. The van der Waals surface area contributed by atoms with Crippen molar-refractivity contribution in [2.45, 2.75) is 59.8 Å². The number of aromatic nitrogens is 3. The maximum Gasteiger partial charge on any atom is 0.229 e. The van der Waals surface area contributed by atoms with Crippen LogP contribution in [0, 0.1) is 5.41 Å². The van der Waals surface area contributed by atoms with Crippen LogP contribution in [0.25, 0.3) is 22.3 Å². The Bertz CT molecular complexity index is 1290. The Morgan fingerprint density at radius 3 is 2.42 bits per heavy atom. The highest BCUT2D eigenvalue weighted by molar-refractivity contribution is 5.90. The molecule has 0 amide bonds. The molecule has 216 valence electrons. The average molecular weight is 549 g/mol. The summed E-state index contributed by atoms with van der Waals surface area (Å²) >= 11 is 0. The van der Waals surface area contributed by atoms with Gasteiger partial charge in [-0.05, 0) is 62.6 Å². The zero-order valence-electron chi connectivity index (χ0n) is 24.9. The highest BCUT2D eigenvalue weighted by Crippen LogP contribution is 2.31. The highest BCUT2D eigenvalue weighted by Gasteiger charge is 2.27. The number of methoxy groups -OCH3 is 1. The largest absolute Gasteiger partial charge is 0.496 e. The third-order valence-corrected chi connectivity index (χ3v) is 7.48. The number of nitrogens with zero attached hydrogens (tertiary/aromatic N) is 5. The monoisotopic (exact) mass is 548 g/mol. The molecule has 2 fully saturated rings. The molecule has 3 aromatic rings. The van der Waals surface area contributed by atoms with E-state index in [2.05, 4.69) is 74.0 Å². The molecule has 1 aromatic carbocycles. The molecule has 0 aliphatic carbocycles. The van der Waals surface area contributed by atoms with E-state index in [0.29, 0.717) is 30.2 Å². The fraction of sp³-hybridized carbons (Fsp3) is 0.581. The van der Waals surface area contributed by atoms with Crippen LogP contribution in [0.1, 0.15) is 46.6 Å². The summed E-state index contributed by atoms with van der Waals surface area (Å²) in [5.41, 5.74) is 4.04. The van der Waals surface area contributed by atoms with Crippen LogP contribution < -0.4 is 19.9 Å². The van der Waals surface area contributed by atoms with Gasteiger partial charge >= 0.3 is 0 Å². The molecule has 0 bridgehead atoms. The summed E-state index contributed by atoms with van der Waals surface area (Å²) in [6, 6.07) is 10.5. The Kier molecular flexibility index (Phi) is 8.73. The Morgan fingerprint density at radius 1 is 0.975 bits per heavy atom. The number of morpholine rings is 2. The molecular formula is C31H44N6O3. The normalized spacial score (nSPS) is 20.2. The quantitative estimate of drug-likeness (QED) is 0.404. The molecule has 9 nitrogen and oxygen atoms in total. The van der Waals surface area contributed by atoms with Gasteiger partial charge in [0, 0.05) is 43.9 Å². The molecule has 2 aliphatic rings. The Hall–Kier alpha value is -3.01. The molecule has 2 aromatic heterocycles. The first kappa shape index (κ1) is 28.5. The van der Waals surface area contributed by atoms with E-state index >= 15 is 0 Å². The zero-order valence-corrected chi connectivity index (χ0v) is 24.9. The molecule has 40 heavy (non-hydrogen) atoms. The standard InChI is InChI=1S/C31H44N6O3/c1-21-19-37(20-22(2)40-21)30-34-28-25(29(35-30)36-13-15-39-16-14-36)8-9-26(33-28)23-7-10-27(38-6)24(17-23)18-32-12-11-31(3,4)5/h7-10,17,21-22,32H,11-16,18-20H2,1-6H3/t21-,22+. The third kappa shape index (κ3) is 6.82. The van der Waals surface area contributed by atoms with Crippen molar-refractivity contribution >= 4 is 22.8 Å². The number of rotatable bonds is 8. The van der Waals surface area contributed by atoms with E-state index in [1.54, 1.807) is 7.11 Å². The highest BCUT2D eigenvalue weighted by atomic mass is 16.5. The van der Waals surface area contributed by atoms with E-state index in [-0.39, 0.29) is 12.2 Å². The predicted octanol–water partition coefficient (Wildman–Crippen LogP) is 4.68. The lowest BCUT2D eigenvalue weighted by Gasteiger charge is -2.36. The second-order valence-electron chi connectivity index (χ2n) is 12.2. The summed E-state index contributed by atoms with van der Waals surface area (Å²) in [4.78, 5) is 19.7. The summed E-state index contributed by atoms with van der Waals surface area (Å²) in [5, 5.41) is 4.54. The van der Waals surface area contributed by atoms with Crippen LogP contribution in [-0.2, 0) is 16.0 Å². The first-order chi connectivity index (χ1) is 19.2. The van der Waals surface area contributed by atoms with Gasteiger partial charge in [0.25, 0.3) is 0 Å². The third-order valence-electron chi connectivity index (χ3n) is 7.48. The average Bonchev–Trinajstić information content (AvgIpc) is 2.93. The fourth-order valence-electron chi connectivity index (χ4n) is 5.40. The minimum atomic E-state index is 0.115. The lowest BCUT2D eigenvalue weighted by molar-refractivity contribution is -0.00570. The van der Waals surface area contributed by atoms with E-state index in [1.165, 1.54) is 0 Å². The van der Waals surface area contributed by atoms with Crippen molar-refractivity contribution in [3.63, 3.8) is 0 Å². The number of nitrogens with one attached hydrogen (secondary N) is 1. The van der Waals surface area contributed by atoms with Gasteiger partial charge in [0.1, 0.15) is 11.6 Å². The van der Waals surface area contributed by atoms with Crippen LogP contribution in [0.15, 0.2) is 30.3 Å². The number of hydrogen-bond acceptors (Lipinski definition) is 9. The van der Waals surface area contributed by atoms with Gasteiger partial charge in [-0.25, -0.2) is 4.98 Å². The number of anilines is 2. The summed E-state index contributed by atoms with van der Waals surface area (Å²) in [7, 11) is 1.72. The van der Waals surface area contributed by atoms with Crippen molar-refractivity contribution in [2.24, 2.45) is 5.41 Å². The molecule has 1 N–H and O–H groups in total. The van der Waals surface area contributed by atoms with Crippen LogP contribution >= 0.6 is 0 Å². The van der Waals surface area contributed by atoms with Crippen molar-refractivity contribution in [1.29, 1.82) is 0 Å². The number of benzene rings is 1. The van der Waals surface area contributed by atoms with Crippen molar-refractivity contribution < 1.29 is 14.2 Å². The van der Waals surface area contributed by atoms with Crippen LogP contribution in [0.5, 0.6) is 5.75 Å². The van der Waals surface area contributed by atoms with E-state index < -0.39 is 0 Å². The molecule has 4 heterocycles. The van der Waals surface area contributed by atoms with Gasteiger partial charge in [0.2, 0.25) is 5.95 Å². The Balaban J connectivity index is 1.49. The van der Waals surface area contributed by atoms with Crippen LogP contribution in [-0.4, -0.2) is 80.2 Å². The molecule has 0 radical (unpaired) electrons. The maximum absolute atomic E-state index is 5.98. The van der Waals surface area contributed by atoms with Crippen molar-refractivity contribution in [3.8, 4) is 17.0 Å². The van der Waals surface area contributed by atoms with Gasteiger partial charge in [0.05, 0.1) is 43.6 Å². The molecule has 9 heteroatoms. The molecule has 2 aliphatic heterocycles. The van der Waals surface area contributed by atoms with Gasteiger partial charge in [-0.2, -0.15) is 9.97 Å². The smallest absolute Gasteiger partial charge is 0.229 e. The Labute approximate surface area is 238 Å². The van der Waals surface area contributed by atoms with E-state index in [4.69, 9.17) is 29.2 Å². The number of ether oxygens (including phenoxy) is 3. The van der Waals surface area contributed by atoms with E-state index in [1.807, 2.05) is 6.07 Å². The second kappa shape index (κ2) is 12.2. The summed E-state index contributed by atoms with van der Waals surface area (Å²) in [6.45, 7) is 17.2. The maximum atomic E-state index is 5.98. The molecule has 0 saturated carbocycles. The van der Waals surface area contributed by atoms with Gasteiger partial charge < -0.3 is 29.3 Å². The van der Waals surface area contributed by atoms with Crippen molar-refractivity contribution in [1.82, 2.24) is 20.3 Å². The van der Waals surface area contributed by atoms with Crippen LogP contribution in [0.2, 0.25) is 0 Å². The fourth-order valence-corrected chi connectivity index (χ4v) is 5.40. The topological polar surface area (TPSA) is 84.9 Å². The van der Waals surface area contributed by atoms with Gasteiger partial charge in [-0.15, -0.1) is 0 Å².